The molecule has 0 atom stereocenters. The summed E-state index contributed by atoms with van der Waals surface area (Å²) in [7, 11) is 1.92. The third-order valence-electron chi connectivity index (χ3n) is 5.64. The Morgan fingerprint density at radius 1 is 1.08 bits per heavy atom. The molecule has 3 aromatic rings. The maximum absolute atomic E-state index is 15.1. The molecule has 7 nitrogen and oxygen atoms in total. The fourth-order valence-electron chi connectivity index (χ4n) is 4.06. The zero-order chi connectivity index (χ0) is 28.2. The number of ether oxygens (including phenoxy) is 1. The van der Waals surface area contributed by atoms with E-state index in [0.717, 1.165) is 60.3 Å². The highest BCUT2D eigenvalue weighted by molar-refractivity contribution is 5.99. The number of halogens is 1. The van der Waals surface area contributed by atoms with Crippen LogP contribution in [0.25, 0.3) is 10.8 Å². The predicted molar refractivity (Wildman–Crippen MR) is 153 cm³/mol. The summed E-state index contributed by atoms with van der Waals surface area (Å²) in [6.45, 7) is 10.2. The van der Waals surface area contributed by atoms with E-state index < -0.39 is 5.97 Å². The number of carbonyl (C=O) groups is 2. The van der Waals surface area contributed by atoms with E-state index in [0.29, 0.717) is 29.3 Å². The maximum atomic E-state index is 15.1. The number of unbranched alkanes of at least 4 members (excludes halogenated alkanes) is 1. The lowest BCUT2D eigenvalue weighted by Crippen LogP contribution is -2.19. The van der Waals surface area contributed by atoms with E-state index in [2.05, 4.69) is 10.6 Å². The third-order valence-corrected chi connectivity index (χ3v) is 5.64. The van der Waals surface area contributed by atoms with Crippen LogP contribution in [0.4, 0.5) is 21.5 Å². The second-order valence-electron chi connectivity index (χ2n) is 8.58. The standard InChI is InChI=1S/C26H28FN3O2.C2H4O2.C2H6/c1-17(16-31)15-30-22-11-10-19-8-4-5-9-20(19)25(22)32-26-23(29-13-7-6-12-28-3)21(27)14-18(2)24(26)30;1-2(3)4;1-2/h4-5,8-11,14-16,28-29H,6-7,12-13H2,1-3H3;1H3,(H,3,4);1-2H3/b17-15-;;. The number of carbonyl (C=O) groups excluding carboxylic acids is 1. The van der Waals surface area contributed by atoms with E-state index in [1.807, 2.05) is 69.1 Å². The van der Waals surface area contributed by atoms with Crippen LogP contribution >= 0.6 is 0 Å². The van der Waals surface area contributed by atoms with Gasteiger partial charge >= 0.3 is 0 Å². The van der Waals surface area contributed by atoms with Gasteiger partial charge in [-0.25, -0.2) is 4.39 Å². The Labute approximate surface area is 224 Å². The maximum Gasteiger partial charge on any atom is 0.300 e. The zero-order valence-electron chi connectivity index (χ0n) is 23.0. The lowest BCUT2D eigenvalue weighted by atomic mass is 10.0. The van der Waals surface area contributed by atoms with Crippen molar-refractivity contribution in [3.8, 4) is 11.5 Å². The Morgan fingerprint density at radius 2 is 1.74 bits per heavy atom. The van der Waals surface area contributed by atoms with Crippen molar-refractivity contribution in [3.05, 3.63) is 65.6 Å². The normalized spacial score (nSPS) is 11.7. The van der Waals surface area contributed by atoms with E-state index in [-0.39, 0.29) is 5.82 Å². The van der Waals surface area contributed by atoms with Gasteiger partial charge in [-0.1, -0.05) is 44.2 Å². The van der Waals surface area contributed by atoms with Gasteiger partial charge in [-0.3, -0.25) is 9.59 Å². The summed E-state index contributed by atoms with van der Waals surface area (Å²) < 4.78 is 21.5. The Balaban J connectivity index is 0.000000773. The van der Waals surface area contributed by atoms with Crippen molar-refractivity contribution in [2.75, 3.05) is 30.4 Å². The van der Waals surface area contributed by atoms with Crippen LogP contribution < -0.4 is 20.3 Å². The lowest BCUT2D eigenvalue weighted by molar-refractivity contribution is -0.134. The fraction of sp³-hybridized carbons (Fsp3) is 0.333. The molecule has 0 saturated carbocycles. The SMILES string of the molecule is CC.CC(=O)O.CNCCCCNc1c(F)cc(C)c2c1Oc1c(ccc3ccccc13)N2/C=C(/C)C=O. The summed E-state index contributed by atoms with van der Waals surface area (Å²) in [5, 5.41) is 15.7. The monoisotopic (exact) mass is 523 g/mol. The van der Waals surface area contributed by atoms with Crippen molar-refractivity contribution >= 4 is 40.1 Å². The van der Waals surface area contributed by atoms with Gasteiger partial charge in [0, 0.05) is 30.6 Å². The first-order valence-electron chi connectivity index (χ1n) is 12.8. The first kappa shape index (κ1) is 30.3. The number of anilines is 3. The fourth-order valence-corrected chi connectivity index (χ4v) is 4.06. The van der Waals surface area contributed by atoms with E-state index >= 15 is 4.39 Å². The number of carboxylic acid groups (broad SMARTS) is 1. The van der Waals surface area contributed by atoms with Gasteiger partial charge in [-0.05, 0) is 63.4 Å². The number of aliphatic carboxylic acids is 1. The molecule has 4 rings (SSSR count). The summed E-state index contributed by atoms with van der Waals surface area (Å²) >= 11 is 0. The summed E-state index contributed by atoms with van der Waals surface area (Å²) in [6.07, 6.45) is 4.48. The van der Waals surface area contributed by atoms with Gasteiger partial charge in [0.2, 0.25) is 0 Å². The van der Waals surface area contributed by atoms with Crippen molar-refractivity contribution in [1.82, 2.24) is 5.32 Å². The van der Waals surface area contributed by atoms with E-state index in [4.69, 9.17) is 14.6 Å². The number of allylic oxidation sites excluding steroid dienone is 1. The second kappa shape index (κ2) is 14.7. The van der Waals surface area contributed by atoms with Crippen LogP contribution in [0.5, 0.6) is 11.5 Å². The number of hydrogen-bond donors (Lipinski definition) is 3. The molecule has 0 aromatic heterocycles. The number of aldehydes is 1. The third kappa shape index (κ3) is 7.32. The Morgan fingerprint density at radius 3 is 2.39 bits per heavy atom. The van der Waals surface area contributed by atoms with Gasteiger partial charge in [-0.15, -0.1) is 0 Å². The molecule has 1 aliphatic rings. The first-order valence-corrected chi connectivity index (χ1v) is 12.8. The van der Waals surface area contributed by atoms with Gasteiger partial charge in [-0.2, -0.15) is 0 Å². The molecule has 0 radical (unpaired) electrons. The molecular formula is C30H38FN3O4. The number of rotatable bonds is 8. The minimum atomic E-state index is -0.833. The Kier molecular flexibility index (Phi) is 11.8. The summed E-state index contributed by atoms with van der Waals surface area (Å²) in [4.78, 5) is 22.4. The van der Waals surface area contributed by atoms with Crippen molar-refractivity contribution in [2.24, 2.45) is 0 Å². The molecule has 0 amide bonds. The van der Waals surface area contributed by atoms with Crippen LogP contribution in [0.3, 0.4) is 0 Å². The van der Waals surface area contributed by atoms with Gasteiger partial charge in [0.1, 0.15) is 12.0 Å². The lowest BCUT2D eigenvalue weighted by Gasteiger charge is -2.34. The first-order chi connectivity index (χ1) is 18.3. The van der Waals surface area contributed by atoms with Gasteiger partial charge in [0.05, 0.1) is 11.4 Å². The molecule has 0 aliphatic carbocycles. The minimum Gasteiger partial charge on any atom is -0.481 e. The largest absolute Gasteiger partial charge is 0.481 e. The highest BCUT2D eigenvalue weighted by Gasteiger charge is 2.30. The minimum absolute atomic E-state index is 0.343. The molecule has 0 fully saturated rings. The molecule has 0 spiro atoms. The molecule has 0 saturated heterocycles. The number of aryl methyl sites for hydroxylation is 1. The van der Waals surface area contributed by atoms with Crippen LogP contribution in [-0.2, 0) is 9.59 Å². The Bertz CT molecular complexity index is 1290. The number of fused-ring (bicyclic) bond motifs is 4. The topological polar surface area (TPSA) is 90.9 Å². The molecule has 0 unspecified atom stereocenters. The summed E-state index contributed by atoms with van der Waals surface area (Å²) in [5.41, 5.74) is 3.17. The average Bonchev–Trinajstić information content (AvgIpc) is 2.90. The van der Waals surface area contributed by atoms with Gasteiger partial charge in [0.15, 0.2) is 17.3 Å². The molecule has 38 heavy (non-hydrogen) atoms. The quantitative estimate of drug-likeness (QED) is 0.164. The molecule has 3 aromatic carbocycles. The van der Waals surface area contributed by atoms with Gasteiger partial charge < -0.3 is 25.4 Å². The van der Waals surface area contributed by atoms with Crippen LogP contribution in [0.1, 0.15) is 46.1 Å². The predicted octanol–water partition coefficient (Wildman–Crippen LogP) is 7.16. The van der Waals surface area contributed by atoms with Crippen molar-refractivity contribution in [2.45, 2.75) is 47.5 Å². The molecule has 3 N–H and O–H groups in total. The van der Waals surface area contributed by atoms with E-state index in [9.17, 15) is 4.79 Å². The van der Waals surface area contributed by atoms with Crippen LogP contribution in [-0.4, -0.2) is 37.5 Å². The Hall–Kier alpha value is -3.91. The molecule has 0 bridgehead atoms. The number of hydrogen-bond acceptors (Lipinski definition) is 6. The van der Waals surface area contributed by atoms with Gasteiger partial charge in [0.25, 0.3) is 5.97 Å². The highest BCUT2D eigenvalue weighted by Crippen LogP contribution is 2.54. The van der Waals surface area contributed by atoms with Crippen LogP contribution in [0.2, 0.25) is 0 Å². The number of nitrogens with one attached hydrogen (secondary N) is 2. The molecule has 1 heterocycles. The molecule has 204 valence electrons. The molecule has 1 aliphatic heterocycles. The van der Waals surface area contributed by atoms with E-state index in [1.165, 1.54) is 6.07 Å². The summed E-state index contributed by atoms with van der Waals surface area (Å²) in [5.74, 6) is -0.0988. The summed E-state index contributed by atoms with van der Waals surface area (Å²) in [6, 6.07) is 13.5. The van der Waals surface area contributed by atoms with Crippen LogP contribution in [0.15, 0.2) is 54.2 Å². The van der Waals surface area contributed by atoms with Crippen LogP contribution in [0, 0.1) is 12.7 Å². The second-order valence-corrected chi connectivity index (χ2v) is 8.58. The van der Waals surface area contributed by atoms with Crippen molar-refractivity contribution in [1.29, 1.82) is 0 Å². The molecular weight excluding hydrogens is 485 g/mol. The highest BCUT2D eigenvalue weighted by atomic mass is 19.1. The molecule has 8 heteroatoms. The number of nitrogens with zero attached hydrogens (tertiary/aromatic N) is 1. The van der Waals surface area contributed by atoms with Crippen molar-refractivity contribution in [3.63, 3.8) is 0 Å². The number of benzene rings is 3. The van der Waals surface area contributed by atoms with Crippen molar-refractivity contribution < 1.29 is 23.8 Å². The average molecular weight is 524 g/mol. The smallest absolute Gasteiger partial charge is 0.300 e. The number of carboxylic acids is 1. The zero-order valence-corrected chi connectivity index (χ0v) is 23.0. The van der Waals surface area contributed by atoms with E-state index in [1.54, 1.807) is 13.1 Å².